The van der Waals surface area contributed by atoms with E-state index in [2.05, 4.69) is 47.3 Å². The lowest BCUT2D eigenvalue weighted by Gasteiger charge is -2.23. The van der Waals surface area contributed by atoms with E-state index in [9.17, 15) is 9.59 Å². The van der Waals surface area contributed by atoms with Gasteiger partial charge in [0.25, 0.3) is 5.91 Å². The molecule has 126 valence electrons. The number of hydrogen-bond acceptors (Lipinski definition) is 2. The molecule has 2 amide bonds. The molecule has 2 aromatic carbocycles. The number of halogens is 1. The van der Waals surface area contributed by atoms with E-state index in [0.717, 1.165) is 15.7 Å². The molecule has 0 aliphatic rings. The second kappa shape index (κ2) is 7.62. The first kappa shape index (κ1) is 18.2. The Morgan fingerprint density at radius 2 is 1.62 bits per heavy atom. The quantitative estimate of drug-likeness (QED) is 0.827. The van der Waals surface area contributed by atoms with Crippen LogP contribution in [0.4, 0.5) is 5.69 Å². The van der Waals surface area contributed by atoms with Gasteiger partial charge in [-0.15, -0.1) is 0 Å². The van der Waals surface area contributed by atoms with Crippen LogP contribution in [0, 0.1) is 0 Å². The summed E-state index contributed by atoms with van der Waals surface area (Å²) in [5.41, 5.74) is 2.26. The smallest absolute Gasteiger partial charge is 0.251 e. The Bertz CT molecular complexity index is 734. The third-order valence-corrected chi connectivity index (χ3v) is 4.05. The molecule has 0 heterocycles. The maximum atomic E-state index is 12.1. The number of para-hydroxylation sites is 1. The van der Waals surface area contributed by atoms with Crippen LogP contribution in [-0.4, -0.2) is 18.4 Å². The highest BCUT2D eigenvalue weighted by Gasteiger charge is 2.18. The summed E-state index contributed by atoms with van der Waals surface area (Å²) in [5.74, 6) is -0.529. The number of amides is 2. The van der Waals surface area contributed by atoms with E-state index in [-0.39, 0.29) is 23.8 Å². The highest BCUT2D eigenvalue weighted by molar-refractivity contribution is 9.10. The first-order valence-corrected chi connectivity index (χ1v) is 8.50. The minimum Gasteiger partial charge on any atom is -0.343 e. The number of anilines is 1. The van der Waals surface area contributed by atoms with Crippen molar-refractivity contribution in [3.05, 3.63) is 64.1 Å². The van der Waals surface area contributed by atoms with Crippen LogP contribution in [0.25, 0.3) is 0 Å². The van der Waals surface area contributed by atoms with Gasteiger partial charge in [-0.1, -0.05) is 54.9 Å². The number of hydrogen-bond donors (Lipinski definition) is 2. The average molecular weight is 389 g/mol. The van der Waals surface area contributed by atoms with Crippen LogP contribution in [0.1, 0.15) is 36.7 Å². The summed E-state index contributed by atoms with van der Waals surface area (Å²) in [6.45, 7) is 6.20. The summed E-state index contributed by atoms with van der Waals surface area (Å²) in [6, 6.07) is 14.7. The molecule has 2 N–H and O–H groups in total. The van der Waals surface area contributed by atoms with Crippen molar-refractivity contribution in [1.29, 1.82) is 0 Å². The Hall–Kier alpha value is -2.14. The van der Waals surface area contributed by atoms with Gasteiger partial charge in [0.05, 0.1) is 6.54 Å². The van der Waals surface area contributed by atoms with E-state index >= 15 is 0 Å². The molecule has 0 radical (unpaired) electrons. The van der Waals surface area contributed by atoms with E-state index in [1.807, 2.05) is 24.3 Å². The van der Waals surface area contributed by atoms with Crippen molar-refractivity contribution in [3.8, 4) is 0 Å². The zero-order valence-electron chi connectivity index (χ0n) is 14.0. The molecule has 2 rings (SSSR count). The van der Waals surface area contributed by atoms with Gasteiger partial charge in [0.15, 0.2) is 0 Å². The van der Waals surface area contributed by atoms with Gasteiger partial charge in [0.1, 0.15) is 0 Å². The molecule has 0 saturated heterocycles. The van der Waals surface area contributed by atoms with Crippen molar-refractivity contribution in [2.75, 3.05) is 11.9 Å². The molecular weight excluding hydrogens is 368 g/mol. The third-order valence-electron chi connectivity index (χ3n) is 3.53. The molecule has 0 aliphatic carbocycles. The average Bonchev–Trinajstić information content (AvgIpc) is 2.53. The van der Waals surface area contributed by atoms with Gasteiger partial charge < -0.3 is 10.6 Å². The highest BCUT2D eigenvalue weighted by atomic mass is 79.9. The molecule has 0 bridgehead atoms. The number of carbonyl (C=O) groups excluding carboxylic acids is 2. The van der Waals surface area contributed by atoms with E-state index in [1.165, 1.54) is 0 Å². The molecule has 0 aliphatic heterocycles. The normalized spacial score (nSPS) is 11.0. The van der Waals surface area contributed by atoms with Gasteiger partial charge in [0, 0.05) is 15.7 Å². The standard InChI is InChI=1S/C19H21BrN2O2/c1-19(2,3)15-6-4-5-7-16(15)22-17(23)12-21-18(24)13-8-10-14(20)11-9-13/h4-11H,12H2,1-3H3,(H,21,24)(H,22,23). The molecule has 4 nitrogen and oxygen atoms in total. The molecule has 0 aromatic heterocycles. The lowest BCUT2D eigenvalue weighted by molar-refractivity contribution is -0.115. The summed E-state index contributed by atoms with van der Waals surface area (Å²) < 4.78 is 0.899. The monoisotopic (exact) mass is 388 g/mol. The maximum absolute atomic E-state index is 12.1. The summed E-state index contributed by atoms with van der Waals surface area (Å²) >= 11 is 3.32. The molecule has 0 saturated carbocycles. The number of rotatable bonds is 4. The lowest BCUT2D eigenvalue weighted by atomic mass is 9.86. The van der Waals surface area contributed by atoms with Crippen LogP contribution in [0.5, 0.6) is 0 Å². The second-order valence-corrected chi connectivity index (χ2v) is 7.45. The maximum Gasteiger partial charge on any atom is 0.251 e. The fourth-order valence-corrected chi connectivity index (χ4v) is 2.57. The van der Waals surface area contributed by atoms with Gasteiger partial charge in [0.2, 0.25) is 5.91 Å². The van der Waals surface area contributed by atoms with Crippen LogP contribution in [-0.2, 0) is 10.2 Å². The van der Waals surface area contributed by atoms with E-state index in [1.54, 1.807) is 24.3 Å². The Balaban J connectivity index is 1.97. The number of nitrogens with one attached hydrogen (secondary N) is 2. The largest absolute Gasteiger partial charge is 0.343 e. The van der Waals surface area contributed by atoms with Crippen molar-refractivity contribution in [1.82, 2.24) is 5.32 Å². The Morgan fingerprint density at radius 3 is 2.25 bits per heavy atom. The topological polar surface area (TPSA) is 58.2 Å². The summed E-state index contributed by atoms with van der Waals surface area (Å²) in [5, 5.41) is 5.50. The fraction of sp³-hybridized carbons (Fsp3) is 0.263. The fourth-order valence-electron chi connectivity index (χ4n) is 2.30. The van der Waals surface area contributed by atoms with E-state index in [0.29, 0.717) is 5.56 Å². The lowest BCUT2D eigenvalue weighted by Crippen LogP contribution is -2.33. The van der Waals surface area contributed by atoms with Crippen LogP contribution >= 0.6 is 15.9 Å². The Kier molecular flexibility index (Phi) is 5.78. The minimum atomic E-state index is -0.276. The number of benzene rings is 2. The van der Waals surface area contributed by atoms with E-state index < -0.39 is 0 Å². The van der Waals surface area contributed by atoms with Gasteiger partial charge in [-0.25, -0.2) is 0 Å². The first-order valence-electron chi connectivity index (χ1n) is 7.70. The van der Waals surface area contributed by atoms with Crippen molar-refractivity contribution >= 4 is 33.4 Å². The van der Waals surface area contributed by atoms with Crippen LogP contribution in [0.3, 0.4) is 0 Å². The molecule has 0 spiro atoms. The molecule has 5 heteroatoms. The van der Waals surface area contributed by atoms with Gasteiger partial charge in [-0.05, 0) is 41.3 Å². The van der Waals surface area contributed by atoms with Gasteiger partial charge in [-0.3, -0.25) is 9.59 Å². The zero-order valence-corrected chi connectivity index (χ0v) is 15.6. The molecule has 2 aromatic rings. The van der Waals surface area contributed by atoms with E-state index in [4.69, 9.17) is 0 Å². The molecule has 0 fully saturated rings. The predicted octanol–water partition coefficient (Wildman–Crippen LogP) is 4.12. The van der Waals surface area contributed by atoms with Crippen LogP contribution in [0.2, 0.25) is 0 Å². The molecule has 24 heavy (non-hydrogen) atoms. The van der Waals surface area contributed by atoms with Gasteiger partial charge >= 0.3 is 0 Å². The van der Waals surface area contributed by atoms with Crippen molar-refractivity contribution < 1.29 is 9.59 Å². The third kappa shape index (κ3) is 4.93. The summed E-state index contributed by atoms with van der Waals surface area (Å²) in [4.78, 5) is 24.2. The molecular formula is C19H21BrN2O2. The second-order valence-electron chi connectivity index (χ2n) is 6.53. The Labute approximate surface area is 150 Å². The Morgan fingerprint density at radius 1 is 1.00 bits per heavy atom. The predicted molar refractivity (Wildman–Crippen MR) is 100 cm³/mol. The molecule has 0 unspecified atom stereocenters. The number of carbonyl (C=O) groups is 2. The van der Waals surface area contributed by atoms with Crippen molar-refractivity contribution in [2.45, 2.75) is 26.2 Å². The molecule has 0 atom stereocenters. The highest BCUT2D eigenvalue weighted by Crippen LogP contribution is 2.29. The minimum absolute atomic E-state index is 0.0760. The van der Waals surface area contributed by atoms with Crippen LogP contribution in [0.15, 0.2) is 53.0 Å². The summed E-state index contributed by atoms with van der Waals surface area (Å²) in [7, 11) is 0. The zero-order chi connectivity index (χ0) is 17.7. The van der Waals surface area contributed by atoms with Crippen molar-refractivity contribution in [3.63, 3.8) is 0 Å². The first-order chi connectivity index (χ1) is 11.3. The van der Waals surface area contributed by atoms with Gasteiger partial charge in [-0.2, -0.15) is 0 Å². The van der Waals surface area contributed by atoms with Crippen LogP contribution < -0.4 is 10.6 Å². The van der Waals surface area contributed by atoms with Crippen molar-refractivity contribution in [2.24, 2.45) is 0 Å². The summed E-state index contributed by atoms with van der Waals surface area (Å²) in [6.07, 6.45) is 0. The SMILES string of the molecule is CC(C)(C)c1ccccc1NC(=O)CNC(=O)c1ccc(Br)cc1.